The van der Waals surface area contributed by atoms with Crippen molar-refractivity contribution in [2.75, 3.05) is 7.05 Å². The molecule has 2 bridgehead atoms. The van der Waals surface area contributed by atoms with Gasteiger partial charge in [0.2, 0.25) is 0 Å². The maximum absolute atomic E-state index is 3.57. The Hall–Kier alpha value is -0.340. The van der Waals surface area contributed by atoms with E-state index >= 15 is 0 Å². The van der Waals surface area contributed by atoms with Crippen molar-refractivity contribution in [2.45, 2.75) is 52.0 Å². The smallest absolute Gasteiger partial charge is 0.0417 e. The minimum absolute atomic E-state index is 0.591. The molecular formula is C16H25NS. The fourth-order valence-corrected chi connectivity index (χ4v) is 5.49. The van der Waals surface area contributed by atoms with Gasteiger partial charge in [0.1, 0.15) is 0 Å². The summed E-state index contributed by atoms with van der Waals surface area (Å²) in [7, 11) is 2.13. The van der Waals surface area contributed by atoms with Crippen LogP contribution in [-0.4, -0.2) is 7.05 Å². The summed E-state index contributed by atoms with van der Waals surface area (Å²) in [5, 5.41) is 3.57. The van der Waals surface area contributed by atoms with Crippen molar-refractivity contribution in [2.24, 2.45) is 17.8 Å². The van der Waals surface area contributed by atoms with Crippen LogP contribution in [0.2, 0.25) is 0 Å². The summed E-state index contributed by atoms with van der Waals surface area (Å²) in [6.07, 6.45) is 7.42. The third-order valence-corrected chi connectivity index (χ3v) is 6.43. The Kier molecular flexibility index (Phi) is 3.50. The first kappa shape index (κ1) is 12.7. The topological polar surface area (TPSA) is 12.0 Å². The summed E-state index contributed by atoms with van der Waals surface area (Å²) in [5.74, 6) is 3.11. The highest BCUT2D eigenvalue weighted by atomic mass is 32.1. The zero-order valence-corrected chi connectivity index (χ0v) is 12.6. The van der Waals surface area contributed by atoms with Gasteiger partial charge >= 0.3 is 0 Å². The van der Waals surface area contributed by atoms with Crippen LogP contribution in [0.5, 0.6) is 0 Å². The van der Waals surface area contributed by atoms with Crippen LogP contribution < -0.4 is 5.32 Å². The third kappa shape index (κ3) is 2.25. The largest absolute Gasteiger partial charge is 0.312 e. The van der Waals surface area contributed by atoms with Gasteiger partial charge in [0.05, 0.1) is 0 Å². The van der Waals surface area contributed by atoms with E-state index < -0.39 is 0 Å². The summed E-state index contributed by atoms with van der Waals surface area (Å²) in [5.41, 5.74) is 1.49. The van der Waals surface area contributed by atoms with Gasteiger partial charge in [-0.2, -0.15) is 0 Å². The van der Waals surface area contributed by atoms with Crippen molar-refractivity contribution in [3.05, 3.63) is 21.4 Å². The van der Waals surface area contributed by atoms with Crippen molar-refractivity contribution in [1.82, 2.24) is 5.32 Å². The summed E-state index contributed by atoms with van der Waals surface area (Å²) in [6, 6.07) is 2.93. The van der Waals surface area contributed by atoms with Crippen LogP contribution >= 0.6 is 11.3 Å². The van der Waals surface area contributed by atoms with Crippen molar-refractivity contribution in [3.63, 3.8) is 0 Å². The molecule has 1 aromatic heterocycles. The standard InChI is InChI=1S/C16H25NS/c1-10-6-11(2)18-16(10)15(17-3)9-14-8-12-4-5-13(14)7-12/h6,12-15,17H,4-5,7-9H2,1-3H3. The van der Waals surface area contributed by atoms with Crippen molar-refractivity contribution < 1.29 is 0 Å². The minimum atomic E-state index is 0.591. The number of hydrogen-bond acceptors (Lipinski definition) is 2. The van der Waals surface area contributed by atoms with Crippen molar-refractivity contribution in [3.8, 4) is 0 Å². The minimum Gasteiger partial charge on any atom is -0.312 e. The van der Waals surface area contributed by atoms with Crippen LogP contribution in [-0.2, 0) is 0 Å². The molecule has 0 aliphatic heterocycles. The molecule has 4 unspecified atom stereocenters. The Morgan fingerprint density at radius 2 is 2.17 bits per heavy atom. The van der Waals surface area contributed by atoms with E-state index in [0.717, 1.165) is 17.8 Å². The Morgan fingerprint density at radius 1 is 1.33 bits per heavy atom. The van der Waals surface area contributed by atoms with E-state index in [0.29, 0.717) is 6.04 Å². The van der Waals surface area contributed by atoms with Crippen LogP contribution in [0, 0.1) is 31.6 Å². The molecule has 100 valence electrons. The molecule has 4 atom stereocenters. The van der Waals surface area contributed by atoms with Crippen LogP contribution in [0.15, 0.2) is 6.07 Å². The lowest BCUT2D eigenvalue weighted by molar-refractivity contribution is 0.285. The van der Waals surface area contributed by atoms with Crippen LogP contribution in [0.3, 0.4) is 0 Å². The quantitative estimate of drug-likeness (QED) is 0.846. The maximum Gasteiger partial charge on any atom is 0.0417 e. The Balaban J connectivity index is 1.71. The highest BCUT2D eigenvalue weighted by molar-refractivity contribution is 7.12. The number of nitrogens with one attached hydrogen (secondary N) is 1. The summed E-state index contributed by atoms with van der Waals surface area (Å²) < 4.78 is 0. The number of fused-ring (bicyclic) bond motifs is 2. The molecule has 2 aliphatic carbocycles. The van der Waals surface area contributed by atoms with Crippen LogP contribution in [0.25, 0.3) is 0 Å². The monoisotopic (exact) mass is 263 g/mol. The number of rotatable bonds is 4. The molecule has 0 spiro atoms. The predicted molar refractivity (Wildman–Crippen MR) is 79.1 cm³/mol. The summed E-state index contributed by atoms with van der Waals surface area (Å²) in [6.45, 7) is 4.50. The molecule has 0 amide bonds. The maximum atomic E-state index is 3.57. The molecule has 0 radical (unpaired) electrons. The van der Waals surface area contributed by atoms with E-state index in [1.807, 2.05) is 11.3 Å². The van der Waals surface area contributed by atoms with Gasteiger partial charge in [-0.15, -0.1) is 11.3 Å². The molecule has 2 aliphatic rings. The number of thiophene rings is 1. The van der Waals surface area contributed by atoms with E-state index in [4.69, 9.17) is 0 Å². The zero-order valence-electron chi connectivity index (χ0n) is 11.8. The molecule has 1 aromatic rings. The average Bonchev–Trinajstić information content (AvgIpc) is 3.01. The van der Waals surface area contributed by atoms with E-state index in [2.05, 4.69) is 32.3 Å². The second-order valence-corrected chi connectivity index (χ2v) is 7.70. The highest BCUT2D eigenvalue weighted by Gasteiger charge is 2.40. The van der Waals surface area contributed by atoms with Gasteiger partial charge in [-0.25, -0.2) is 0 Å². The molecule has 0 aromatic carbocycles. The highest BCUT2D eigenvalue weighted by Crippen LogP contribution is 2.51. The summed E-state index contributed by atoms with van der Waals surface area (Å²) >= 11 is 1.99. The van der Waals surface area contributed by atoms with Crippen LogP contribution in [0.1, 0.15) is 53.5 Å². The average molecular weight is 263 g/mol. The number of aryl methyl sites for hydroxylation is 2. The van der Waals surface area contributed by atoms with Crippen LogP contribution in [0.4, 0.5) is 0 Å². The molecule has 3 rings (SSSR count). The second kappa shape index (κ2) is 4.97. The Morgan fingerprint density at radius 3 is 2.67 bits per heavy atom. The first-order chi connectivity index (χ1) is 8.67. The Bertz CT molecular complexity index is 423. The fraction of sp³-hybridized carbons (Fsp3) is 0.750. The lowest BCUT2D eigenvalue weighted by Gasteiger charge is -2.26. The van der Waals surface area contributed by atoms with Gasteiger partial charge < -0.3 is 5.32 Å². The molecule has 1 heterocycles. The van der Waals surface area contributed by atoms with Gasteiger partial charge in [-0.05, 0) is 76.0 Å². The second-order valence-electron chi connectivity index (χ2n) is 6.42. The first-order valence-corrected chi connectivity index (χ1v) is 8.23. The number of hydrogen-bond donors (Lipinski definition) is 1. The van der Waals surface area contributed by atoms with Gasteiger partial charge in [0.25, 0.3) is 0 Å². The molecule has 1 N–H and O–H groups in total. The van der Waals surface area contributed by atoms with Crippen molar-refractivity contribution >= 4 is 11.3 Å². The molecular weight excluding hydrogens is 238 g/mol. The predicted octanol–water partition coefficient (Wildman–Crippen LogP) is 4.45. The summed E-state index contributed by atoms with van der Waals surface area (Å²) in [4.78, 5) is 3.04. The molecule has 2 fully saturated rings. The van der Waals surface area contributed by atoms with Gasteiger partial charge in [-0.1, -0.05) is 6.42 Å². The Labute approximate surface area is 115 Å². The molecule has 2 heteroatoms. The van der Waals surface area contributed by atoms with Gasteiger partial charge in [0, 0.05) is 15.8 Å². The van der Waals surface area contributed by atoms with Crippen molar-refractivity contribution in [1.29, 1.82) is 0 Å². The van der Waals surface area contributed by atoms with Gasteiger partial charge in [-0.3, -0.25) is 0 Å². The van der Waals surface area contributed by atoms with E-state index in [-0.39, 0.29) is 0 Å². The van der Waals surface area contributed by atoms with E-state index in [1.54, 1.807) is 4.88 Å². The zero-order chi connectivity index (χ0) is 12.7. The molecule has 2 saturated carbocycles. The third-order valence-electron chi connectivity index (χ3n) is 5.17. The molecule has 1 nitrogen and oxygen atoms in total. The first-order valence-electron chi connectivity index (χ1n) is 7.41. The van der Waals surface area contributed by atoms with Gasteiger partial charge in [0.15, 0.2) is 0 Å². The lowest BCUT2D eigenvalue weighted by atomic mass is 9.83. The van der Waals surface area contributed by atoms with E-state index in [1.165, 1.54) is 42.5 Å². The molecule has 0 saturated heterocycles. The fourth-order valence-electron chi connectivity index (χ4n) is 4.33. The molecule has 18 heavy (non-hydrogen) atoms. The van der Waals surface area contributed by atoms with E-state index in [9.17, 15) is 0 Å². The SMILES string of the molecule is CNC(CC1CC2CCC1C2)c1sc(C)cc1C. The lowest BCUT2D eigenvalue weighted by Crippen LogP contribution is -2.22. The normalized spacial score (nSPS) is 32.1.